The Morgan fingerprint density at radius 2 is 2.11 bits per heavy atom. The molecule has 0 fully saturated rings. The molecule has 0 saturated heterocycles. The van der Waals surface area contributed by atoms with E-state index in [1.165, 1.54) is 11.8 Å². The molecule has 0 radical (unpaired) electrons. The van der Waals surface area contributed by atoms with Crippen LogP contribution in [0, 0.1) is 0 Å². The molecule has 1 aromatic carbocycles. The minimum Gasteiger partial charge on any atom is -0.481 e. The highest BCUT2D eigenvalue weighted by atomic mass is 32.2. The van der Waals surface area contributed by atoms with E-state index in [-0.39, 0.29) is 6.42 Å². The summed E-state index contributed by atoms with van der Waals surface area (Å²) in [4.78, 5) is 10.4. The number of hydrogen-bond donors (Lipinski definition) is 1. The number of para-hydroxylation sites is 1. The van der Waals surface area contributed by atoms with Gasteiger partial charge in [0.1, 0.15) is 0 Å². The number of nitrogens with zero attached hydrogens (tertiary/aromatic N) is 4. The largest absolute Gasteiger partial charge is 0.481 e. The maximum Gasteiger partial charge on any atom is 0.304 e. The second-order valence-electron chi connectivity index (χ2n) is 3.54. The molecule has 0 atom stereocenters. The van der Waals surface area contributed by atoms with Gasteiger partial charge in [-0.3, -0.25) is 4.79 Å². The summed E-state index contributed by atoms with van der Waals surface area (Å²) in [5.41, 5.74) is 0.899. The number of hydrogen-bond acceptors (Lipinski definition) is 5. The molecule has 1 N–H and O–H groups in total. The number of carboxylic acids is 1. The molecular weight excluding hydrogens is 252 g/mol. The van der Waals surface area contributed by atoms with Crippen molar-refractivity contribution < 1.29 is 9.90 Å². The Balaban J connectivity index is 1.98. The van der Waals surface area contributed by atoms with E-state index < -0.39 is 5.97 Å². The lowest BCUT2D eigenvalue weighted by Crippen LogP contribution is -2.03. The fraction of sp³-hybridized carbons (Fsp3) is 0.273. The summed E-state index contributed by atoms with van der Waals surface area (Å²) >= 11 is 1.50. The van der Waals surface area contributed by atoms with Crippen LogP contribution in [0.5, 0.6) is 0 Å². The van der Waals surface area contributed by atoms with Crippen LogP contribution in [0.4, 0.5) is 0 Å². The van der Waals surface area contributed by atoms with Crippen LogP contribution in [0.2, 0.25) is 0 Å². The van der Waals surface area contributed by atoms with Crippen molar-refractivity contribution in [2.45, 2.75) is 12.2 Å². The highest BCUT2D eigenvalue weighted by molar-refractivity contribution is 7.98. The van der Waals surface area contributed by atoms with Crippen molar-refractivity contribution in [3.05, 3.63) is 36.2 Å². The number of carbonyl (C=O) groups is 1. The van der Waals surface area contributed by atoms with Crippen molar-refractivity contribution in [3.63, 3.8) is 0 Å². The molecule has 0 aliphatic rings. The predicted molar refractivity (Wildman–Crippen MR) is 67.6 cm³/mol. The van der Waals surface area contributed by atoms with Crippen molar-refractivity contribution in [2.75, 3.05) is 5.75 Å². The Hall–Kier alpha value is -1.89. The summed E-state index contributed by atoms with van der Waals surface area (Å²) in [6.45, 7) is 0. The van der Waals surface area contributed by atoms with E-state index in [1.807, 2.05) is 30.3 Å². The molecule has 0 aliphatic heterocycles. The number of rotatable bonds is 6. The van der Waals surface area contributed by atoms with Crippen LogP contribution in [-0.2, 0) is 10.5 Å². The molecule has 0 unspecified atom stereocenters. The number of tetrazole rings is 1. The molecule has 6 nitrogen and oxygen atoms in total. The quantitative estimate of drug-likeness (QED) is 0.794. The highest BCUT2D eigenvalue weighted by Crippen LogP contribution is 2.13. The van der Waals surface area contributed by atoms with Crippen LogP contribution in [0.15, 0.2) is 30.3 Å². The van der Waals surface area contributed by atoms with Gasteiger partial charge < -0.3 is 5.11 Å². The third-order valence-electron chi connectivity index (χ3n) is 2.23. The fourth-order valence-corrected chi connectivity index (χ4v) is 2.21. The van der Waals surface area contributed by atoms with Gasteiger partial charge in [-0.05, 0) is 22.6 Å². The average Bonchev–Trinajstić information content (AvgIpc) is 2.84. The first-order valence-corrected chi connectivity index (χ1v) is 6.55. The number of aromatic nitrogens is 4. The molecule has 0 aliphatic carbocycles. The van der Waals surface area contributed by atoms with E-state index in [1.54, 1.807) is 4.68 Å². The molecule has 18 heavy (non-hydrogen) atoms. The van der Waals surface area contributed by atoms with Crippen LogP contribution < -0.4 is 0 Å². The topological polar surface area (TPSA) is 80.9 Å². The number of carboxylic acid groups (broad SMARTS) is 1. The monoisotopic (exact) mass is 264 g/mol. The molecule has 94 valence electrons. The van der Waals surface area contributed by atoms with Crippen LogP contribution in [0.3, 0.4) is 0 Å². The normalized spacial score (nSPS) is 10.4. The number of thioether (sulfide) groups is 1. The summed E-state index contributed by atoms with van der Waals surface area (Å²) in [5.74, 6) is 1.08. The van der Waals surface area contributed by atoms with E-state index in [0.29, 0.717) is 11.5 Å². The zero-order chi connectivity index (χ0) is 12.8. The summed E-state index contributed by atoms with van der Waals surface area (Å²) < 4.78 is 1.66. The Labute approximate surface area is 108 Å². The van der Waals surface area contributed by atoms with Gasteiger partial charge in [-0.25, -0.2) is 0 Å². The standard InChI is InChI=1S/C11H12N4O2S/c16-11(17)6-7-18-8-10-12-13-14-15(10)9-4-2-1-3-5-9/h1-5H,6-8H2,(H,16,17). The molecule has 1 heterocycles. The summed E-state index contributed by atoms with van der Waals surface area (Å²) in [6, 6.07) is 9.59. The molecule has 1 aromatic heterocycles. The predicted octanol–water partition coefficient (Wildman–Crippen LogP) is 1.37. The van der Waals surface area contributed by atoms with E-state index in [4.69, 9.17) is 5.11 Å². The lowest BCUT2D eigenvalue weighted by Gasteiger charge is -2.03. The number of benzene rings is 1. The Morgan fingerprint density at radius 3 is 2.83 bits per heavy atom. The van der Waals surface area contributed by atoms with E-state index in [2.05, 4.69) is 15.5 Å². The molecular formula is C11H12N4O2S. The second-order valence-corrected chi connectivity index (χ2v) is 4.64. The van der Waals surface area contributed by atoms with Gasteiger partial charge in [0, 0.05) is 5.75 Å². The first kappa shape index (κ1) is 12.6. The van der Waals surface area contributed by atoms with Crippen molar-refractivity contribution in [1.82, 2.24) is 20.2 Å². The molecule has 7 heteroatoms. The lowest BCUT2D eigenvalue weighted by atomic mass is 10.3. The zero-order valence-electron chi connectivity index (χ0n) is 9.56. The Morgan fingerprint density at radius 1 is 1.33 bits per heavy atom. The Kier molecular flexibility index (Phi) is 4.30. The van der Waals surface area contributed by atoms with Crippen LogP contribution in [0.25, 0.3) is 5.69 Å². The van der Waals surface area contributed by atoms with Crippen molar-refractivity contribution in [2.24, 2.45) is 0 Å². The molecule has 0 amide bonds. The van der Waals surface area contributed by atoms with E-state index in [0.717, 1.165) is 11.5 Å². The van der Waals surface area contributed by atoms with Crippen molar-refractivity contribution >= 4 is 17.7 Å². The molecule has 2 aromatic rings. The highest BCUT2D eigenvalue weighted by Gasteiger charge is 2.08. The third kappa shape index (κ3) is 3.30. The van der Waals surface area contributed by atoms with Gasteiger partial charge in [-0.1, -0.05) is 18.2 Å². The summed E-state index contributed by atoms with van der Waals surface area (Å²) in [7, 11) is 0. The zero-order valence-corrected chi connectivity index (χ0v) is 10.4. The van der Waals surface area contributed by atoms with Crippen molar-refractivity contribution in [1.29, 1.82) is 0 Å². The molecule has 2 rings (SSSR count). The second kappa shape index (κ2) is 6.15. The van der Waals surface area contributed by atoms with E-state index in [9.17, 15) is 4.79 Å². The molecule has 0 saturated carbocycles. The first-order valence-electron chi connectivity index (χ1n) is 5.39. The average molecular weight is 264 g/mol. The number of aliphatic carboxylic acids is 1. The summed E-state index contributed by atoms with van der Waals surface area (Å²) in [6.07, 6.45) is 0.150. The van der Waals surface area contributed by atoms with Gasteiger partial charge in [-0.15, -0.1) is 5.10 Å². The summed E-state index contributed by atoms with van der Waals surface area (Å²) in [5, 5.41) is 20.1. The maximum atomic E-state index is 10.4. The SMILES string of the molecule is O=C(O)CCSCc1nnnn1-c1ccccc1. The lowest BCUT2D eigenvalue weighted by molar-refractivity contribution is -0.136. The van der Waals surface area contributed by atoms with Crippen molar-refractivity contribution in [3.8, 4) is 5.69 Å². The van der Waals surface area contributed by atoms with Crippen LogP contribution in [-0.4, -0.2) is 37.0 Å². The minimum atomic E-state index is -0.787. The van der Waals surface area contributed by atoms with Gasteiger partial charge in [0.05, 0.1) is 17.9 Å². The van der Waals surface area contributed by atoms with Gasteiger partial charge in [0.15, 0.2) is 5.82 Å². The van der Waals surface area contributed by atoms with Crippen LogP contribution >= 0.6 is 11.8 Å². The Bertz CT molecular complexity index is 515. The fourth-order valence-electron chi connectivity index (χ4n) is 1.39. The molecule has 0 spiro atoms. The third-order valence-corrected chi connectivity index (χ3v) is 3.18. The van der Waals surface area contributed by atoms with Gasteiger partial charge in [0.2, 0.25) is 0 Å². The smallest absolute Gasteiger partial charge is 0.304 e. The van der Waals surface area contributed by atoms with E-state index >= 15 is 0 Å². The van der Waals surface area contributed by atoms with Gasteiger partial charge in [-0.2, -0.15) is 16.4 Å². The van der Waals surface area contributed by atoms with Crippen LogP contribution in [0.1, 0.15) is 12.2 Å². The molecule has 0 bridgehead atoms. The minimum absolute atomic E-state index is 0.150. The first-order chi connectivity index (χ1) is 8.77. The van der Waals surface area contributed by atoms with Gasteiger partial charge >= 0.3 is 5.97 Å². The maximum absolute atomic E-state index is 10.4. The van der Waals surface area contributed by atoms with Gasteiger partial charge in [0.25, 0.3) is 0 Å².